The number of nitrogens with one attached hydrogen (secondary N) is 1. The molecule has 1 rings (SSSR count). The van der Waals surface area contributed by atoms with Crippen molar-refractivity contribution in [3.63, 3.8) is 0 Å². The van der Waals surface area contributed by atoms with Crippen LogP contribution in [0.3, 0.4) is 0 Å². The van der Waals surface area contributed by atoms with Gasteiger partial charge in [0.1, 0.15) is 18.2 Å². The van der Waals surface area contributed by atoms with E-state index in [4.69, 9.17) is 9.47 Å². The van der Waals surface area contributed by atoms with Crippen LogP contribution in [-0.2, 0) is 4.74 Å². The van der Waals surface area contributed by atoms with Gasteiger partial charge in [0, 0.05) is 18.2 Å². The van der Waals surface area contributed by atoms with Crippen LogP contribution in [-0.4, -0.2) is 26.9 Å². The molecule has 1 N–H and O–H groups in total. The summed E-state index contributed by atoms with van der Waals surface area (Å²) in [5.41, 5.74) is 0.565. The molecule has 0 bridgehead atoms. The van der Waals surface area contributed by atoms with Crippen LogP contribution < -0.4 is 10.1 Å². The van der Waals surface area contributed by atoms with Gasteiger partial charge < -0.3 is 14.8 Å². The molecule has 1 aromatic carbocycles. The SMILES string of the molecule is CCCOCCOc1cccc(F)c1C(C)NC. The Morgan fingerprint density at radius 2 is 2.06 bits per heavy atom. The molecule has 0 amide bonds. The van der Waals surface area contributed by atoms with Gasteiger partial charge in [-0.05, 0) is 32.5 Å². The second-order valence-electron chi connectivity index (χ2n) is 4.12. The van der Waals surface area contributed by atoms with Gasteiger partial charge >= 0.3 is 0 Å². The number of hydrogen-bond donors (Lipinski definition) is 1. The standard InChI is InChI=1S/C14H22FNO2/c1-4-8-17-9-10-18-13-7-5-6-12(15)14(13)11(2)16-3/h5-7,11,16H,4,8-10H2,1-3H3. The maximum Gasteiger partial charge on any atom is 0.131 e. The van der Waals surface area contributed by atoms with E-state index < -0.39 is 0 Å². The molecule has 0 aliphatic heterocycles. The Morgan fingerprint density at radius 3 is 2.72 bits per heavy atom. The fourth-order valence-corrected chi connectivity index (χ4v) is 1.66. The Hall–Kier alpha value is -1.13. The zero-order chi connectivity index (χ0) is 13.4. The minimum atomic E-state index is -0.246. The largest absolute Gasteiger partial charge is 0.491 e. The van der Waals surface area contributed by atoms with Crippen molar-refractivity contribution in [1.82, 2.24) is 5.32 Å². The van der Waals surface area contributed by atoms with Crippen molar-refractivity contribution in [2.45, 2.75) is 26.3 Å². The Labute approximate surface area is 108 Å². The lowest BCUT2D eigenvalue weighted by molar-refractivity contribution is 0.0999. The molecule has 1 atom stereocenters. The zero-order valence-electron chi connectivity index (χ0n) is 11.3. The summed E-state index contributed by atoms with van der Waals surface area (Å²) in [6.45, 7) is 5.65. The van der Waals surface area contributed by atoms with Crippen LogP contribution in [0.25, 0.3) is 0 Å². The lowest BCUT2D eigenvalue weighted by atomic mass is 10.1. The number of rotatable bonds is 8. The van der Waals surface area contributed by atoms with Crippen LogP contribution in [0.5, 0.6) is 5.75 Å². The van der Waals surface area contributed by atoms with E-state index in [1.807, 2.05) is 6.92 Å². The van der Waals surface area contributed by atoms with Crippen LogP contribution in [0, 0.1) is 5.82 Å². The van der Waals surface area contributed by atoms with Crippen LogP contribution in [0.15, 0.2) is 18.2 Å². The Morgan fingerprint density at radius 1 is 1.28 bits per heavy atom. The lowest BCUT2D eigenvalue weighted by Crippen LogP contribution is -2.16. The molecular formula is C14H22FNO2. The number of benzene rings is 1. The van der Waals surface area contributed by atoms with E-state index in [-0.39, 0.29) is 11.9 Å². The summed E-state index contributed by atoms with van der Waals surface area (Å²) in [6, 6.07) is 4.80. The highest BCUT2D eigenvalue weighted by Gasteiger charge is 2.15. The van der Waals surface area contributed by atoms with E-state index in [2.05, 4.69) is 12.2 Å². The first-order valence-corrected chi connectivity index (χ1v) is 6.36. The zero-order valence-corrected chi connectivity index (χ0v) is 11.3. The van der Waals surface area contributed by atoms with Gasteiger partial charge in [-0.1, -0.05) is 13.0 Å². The van der Waals surface area contributed by atoms with Crippen molar-refractivity contribution in [3.8, 4) is 5.75 Å². The van der Waals surface area contributed by atoms with Crippen molar-refractivity contribution in [2.24, 2.45) is 0 Å². The fraction of sp³-hybridized carbons (Fsp3) is 0.571. The monoisotopic (exact) mass is 255 g/mol. The van der Waals surface area contributed by atoms with Crippen LogP contribution in [0.1, 0.15) is 31.9 Å². The molecule has 18 heavy (non-hydrogen) atoms. The molecule has 1 unspecified atom stereocenters. The van der Waals surface area contributed by atoms with Crippen molar-refractivity contribution in [3.05, 3.63) is 29.6 Å². The van der Waals surface area contributed by atoms with Crippen molar-refractivity contribution >= 4 is 0 Å². The third-order valence-corrected chi connectivity index (χ3v) is 2.71. The molecule has 0 fully saturated rings. The van der Waals surface area contributed by atoms with Gasteiger partial charge in [-0.3, -0.25) is 0 Å². The van der Waals surface area contributed by atoms with Gasteiger partial charge in [-0.25, -0.2) is 4.39 Å². The number of halogens is 1. The highest BCUT2D eigenvalue weighted by Crippen LogP contribution is 2.27. The minimum absolute atomic E-state index is 0.0854. The van der Waals surface area contributed by atoms with Crippen LogP contribution in [0.2, 0.25) is 0 Å². The first kappa shape index (κ1) is 14.9. The fourth-order valence-electron chi connectivity index (χ4n) is 1.66. The predicted molar refractivity (Wildman–Crippen MR) is 70.5 cm³/mol. The molecule has 0 saturated carbocycles. The van der Waals surface area contributed by atoms with Gasteiger partial charge in [0.2, 0.25) is 0 Å². The number of hydrogen-bond acceptors (Lipinski definition) is 3. The highest BCUT2D eigenvalue weighted by atomic mass is 19.1. The van der Waals surface area contributed by atoms with E-state index in [1.165, 1.54) is 6.07 Å². The minimum Gasteiger partial charge on any atom is -0.491 e. The van der Waals surface area contributed by atoms with Crippen LogP contribution >= 0.6 is 0 Å². The second-order valence-corrected chi connectivity index (χ2v) is 4.12. The molecule has 1 aromatic rings. The average molecular weight is 255 g/mol. The van der Waals surface area contributed by atoms with Gasteiger partial charge in [0.25, 0.3) is 0 Å². The van der Waals surface area contributed by atoms with E-state index >= 15 is 0 Å². The second kappa shape index (κ2) is 8.06. The summed E-state index contributed by atoms with van der Waals surface area (Å²) in [4.78, 5) is 0. The van der Waals surface area contributed by atoms with E-state index in [0.29, 0.717) is 24.5 Å². The highest BCUT2D eigenvalue weighted by molar-refractivity contribution is 5.36. The maximum absolute atomic E-state index is 13.8. The van der Waals surface area contributed by atoms with Crippen molar-refractivity contribution in [1.29, 1.82) is 0 Å². The molecular weight excluding hydrogens is 233 g/mol. The normalized spacial score (nSPS) is 12.4. The average Bonchev–Trinajstić information content (AvgIpc) is 2.38. The summed E-state index contributed by atoms with van der Waals surface area (Å²) in [7, 11) is 1.80. The Bertz CT molecular complexity index is 358. The smallest absolute Gasteiger partial charge is 0.131 e. The van der Waals surface area contributed by atoms with Gasteiger partial charge in [0.05, 0.1) is 6.61 Å². The first-order valence-electron chi connectivity index (χ1n) is 6.36. The maximum atomic E-state index is 13.8. The summed E-state index contributed by atoms with van der Waals surface area (Å²) < 4.78 is 24.7. The van der Waals surface area contributed by atoms with E-state index in [0.717, 1.165) is 13.0 Å². The Balaban J connectivity index is 2.61. The quantitative estimate of drug-likeness (QED) is 0.724. The topological polar surface area (TPSA) is 30.5 Å². The van der Waals surface area contributed by atoms with Crippen LogP contribution in [0.4, 0.5) is 4.39 Å². The molecule has 0 radical (unpaired) electrons. The van der Waals surface area contributed by atoms with Crippen molar-refractivity contribution in [2.75, 3.05) is 26.9 Å². The third-order valence-electron chi connectivity index (χ3n) is 2.71. The first-order chi connectivity index (χ1) is 8.70. The Kier molecular flexibility index (Phi) is 6.68. The van der Waals surface area contributed by atoms with E-state index in [9.17, 15) is 4.39 Å². The van der Waals surface area contributed by atoms with Gasteiger partial charge in [-0.2, -0.15) is 0 Å². The molecule has 0 heterocycles. The lowest BCUT2D eigenvalue weighted by Gasteiger charge is -2.17. The van der Waals surface area contributed by atoms with E-state index in [1.54, 1.807) is 19.2 Å². The summed E-state index contributed by atoms with van der Waals surface area (Å²) >= 11 is 0. The van der Waals surface area contributed by atoms with Gasteiger partial charge in [0.15, 0.2) is 0 Å². The molecule has 0 aliphatic carbocycles. The molecule has 0 saturated heterocycles. The summed E-state index contributed by atoms with van der Waals surface area (Å²) in [5.74, 6) is 0.334. The third kappa shape index (κ3) is 4.27. The molecule has 3 nitrogen and oxygen atoms in total. The molecule has 0 aromatic heterocycles. The summed E-state index contributed by atoms with van der Waals surface area (Å²) in [5, 5.41) is 3.02. The van der Waals surface area contributed by atoms with Gasteiger partial charge in [-0.15, -0.1) is 0 Å². The van der Waals surface area contributed by atoms with Crippen molar-refractivity contribution < 1.29 is 13.9 Å². The molecule has 0 spiro atoms. The summed E-state index contributed by atoms with van der Waals surface area (Å²) in [6.07, 6.45) is 0.988. The number of ether oxygens (including phenoxy) is 2. The molecule has 4 heteroatoms. The molecule has 102 valence electrons. The molecule has 0 aliphatic rings. The predicted octanol–water partition coefficient (Wildman–Crippen LogP) is 2.91.